The Kier molecular flexibility index (Phi) is 4.79. The fourth-order valence-electron chi connectivity index (χ4n) is 8.02. The molecule has 4 saturated carbocycles. The van der Waals surface area contributed by atoms with Crippen molar-refractivity contribution < 1.29 is 19.4 Å². The summed E-state index contributed by atoms with van der Waals surface area (Å²) < 4.78 is 6.15. The molecule has 0 unspecified atom stereocenters. The van der Waals surface area contributed by atoms with Gasteiger partial charge in [-0.05, 0) is 95.3 Å². The van der Waals surface area contributed by atoms with Crippen LogP contribution in [-0.4, -0.2) is 23.1 Å². The first-order valence-electron chi connectivity index (χ1n) is 11.3. The van der Waals surface area contributed by atoms with Gasteiger partial charge in [0.1, 0.15) is 6.10 Å². The molecule has 0 aromatic rings. The SMILES string of the molecule is C=C1C[C@@]23CC[C@H]4[C@@](C)([C@@H](OC(=O)/C(C)=C\C)CC[C@@]4(C)C(=O)O)[C@@H]2CC[C@@H]1C3. The Morgan fingerprint density at radius 3 is 2.52 bits per heavy atom. The zero-order chi connectivity index (χ0) is 21.2. The minimum absolute atomic E-state index is 0.0333. The smallest absolute Gasteiger partial charge is 0.333 e. The molecule has 0 heterocycles. The van der Waals surface area contributed by atoms with Crippen molar-refractivity contribution in [2.75, 3.05) is 0 Å². The molecule has 7 atom stereocenters. The molecule has 4 heteroatoms. The molecule has 4 fully saturated rings. The number of carbonyl (C=O) groups excluding carboxylic acids is 1. The van der Waals surface area contributed by atoms with E-state index in [4.69, 9.17) is 4.74 Å². The number of carboxylic acid groups (broad SMARTS) is 1. The fourth-order valence-corrected chi connectivity index (χ4v) is 8.02. The Labute approximate surface area is 174 Å². The fraction of sp³-hybridized carbons (Fsp3) is 0.760. The van der Waals surface area contributed by atoms with Crippen LogP contribution in [-0.2, 0) is 14.3 Å². The second kappa shape index (κ2) is 6.72. The van der Waals surface area contributed by atoms with E-state index < -0.39 is 11.4 Å². The third-order valence-electron chi connectivity index (χ3n) is 9.67. The van der Waals surface area contributed by atoms with Crippen molar-refractivity contribution in [2.45, 2.75) is 85.2 Å². The molecule has 29 heavy (non-hydrogen) atoms. The highest BCUT2D eigenvalue weighted by molar-refractivity contribution is 5.87. The van der Waals surface area contributed by atoms with Gasteiger partial charge in [-0.1, -0.05) is 25.2 Å². The largest absolute Gasteiger partial charge is 0.481 e. The molecule has 0 amide bonds. The lowest BCUT2D eigenvalue weighted by Gasteiger charge is -2.65. The summed E-state index contributed by atoms with van der Waals surface area (Å²) in [5.41, 5.74) is 1.19. The summed E-state index contributed by atoms with van der Waals surface area (Å²) in [7, 11) is 0. The maximum Gasteiger partial charge on any atom is 0.333 e. The lowest BCUT2D eigenvalue weighted by molar-refractivity contribution is -0.220. The number of aliphatic carboxylic acids is 1. The van der Waals surface area contributed by atoms with E-state index in [0.717, 1.165) is 32.1 Å². The predicted molar refractivity (Wildman–Crippen MR) is 112 cm³/mol. The molecule has 0 aromatic heterocycles. The third kappa shape index (κ3) is 2.77. The Hall–Kier alpha value is -1.58. The number of ether oxygens (including phenoxy) is 1. The average Bonchev–Trinajstić information content (AvgIpc) is 2.91. The molecular formula is C25H36O4. The van der Waals surface area contributed by atoms with Gasteiger partial charge in [0.25, 0.3) is 0 Å². The Morgan fingerprint density at radius 1 is 1.14 bits per heavy atom. The number of hydrogen-bond donors (Lipinski definition) is 1. The summed E-state index contributed by atoms with van der Waals surface area (Å²) in [6, 6.07) is 0. The Morgan fingerprint density at radius 2 is 1.86 bits per heavy atom. The standard InChI is InChI=1S/C25H36O4/c1-6-15(2)21(26)29-20-10-11-23(4,22(27)28)18-9-12-25-13-16(3)17(14-25)7-8-19(25)24(18,20)5/h6,17-20H,3,7-14H2,1-2,4-5H3,(H,27,28)/b15-6-/t17-,18-,19+,20+,23-,24-,25-/m1/s1. The second-order valence-corrected chi connectivity index (χ2v) is 10.8. The van der Waals surface area contributed by atoms with E-state index in [1.807, 2.05) is 13.8 Å². The summed E-state index contributed by atoms with van der Waals surface area (Å²) in [5.74, 6) is 0.120. The molecular weight excluding hydrogens is 364 g/mol. The van der Waals surface area contributed by atoms with E-state index >= 15 is 0 Å². The maximum absolute atomic E-state index is 12.7. The summed E-state index contributed by atoms with van der Waals surface area (Å²) >= 11 is 0. The van der Waals surface area contributed by atoms with Crippen LogP contribution in [0.3, 0.4) is 0 Å². The van der Waals surface area contributed by atoms with Gasteiger partial charge < -0.3 is 9.84 Å². The number of carboxylic acids is 1. The molecule has 0 aliphatic heterocycles. The molecule has 0 radical (unpaired) electrons. The number of allylic oxidation sites excluding steroid dienone is 2. The highest BCUT2D eigenvalue weighted by atomic mass is 16.5. The van der Waals surface area contributed by atoms with Gasteiger partial charge in [-0.15, -0.1) is 0 Å². The van der Waals surface area contributed by atoms with Gasteiger partial charge in [-0.2, -0.15) is 0 Å². The predicted octanol–water partition coefficient (Wildman–Crippen LogP) is 5.53. The normalized spacial score (nSPS) is 46.6. The van der Waals surface area contributed by atoms with Crippen molar-refractivity contribution in [1.82, 2.24) is 0 Å². The van der Waals surface area contributed by atoms with Crippen molar-refractivity contribution in [3.8, 4) is 0 Å². The number of fused-ring (bicyclic) bond motifs is 3. The first-order valence-corrected chi connectivity index (χ1v) is 11.3. The lowest BCUT2D eigenvalue weighted by atomic mass is 9.40. The van der Waals surface area contributed by atoms with E-state index in [-0.39, 0.29) is 28.8 Å². The summed E-state index contributed by atoms with van der Waals surface area (Å²) in [5, 5.41) is 10.2. The van der Waals surface area contributed by atoms with E-state index in [1.54, 1.807) is 13.0 Å². The molecule has 160 valence electrons. The number of carbonyl (C=O) groups is 2. The summed E-state index contributed by atoms with van der Waals surface area (Å²) in [4.78, 5) is 25.1. The van der Waals surface area contributed by atoms with Crippen molar-refractivity contribution in [2.24, 2.45) is 34.0 Å². The van der Waals surface area contributed by atoms with Crippen LogP contribution < -0.4 is 0 Å². The summed E-state index contributed by atoms with van der Waals surface area (Å²) in [6.45, 7) is 12.2. The van der Waals surface area contributed by atoms with Crippen LogP contribution in [0.2, 0.25) is 0 Å². The van der Waals surface area contributed by atoms with E-state index in [2.05, 4.69) is 13.5 Å². The lowest BCUT2D eigenvalue weighted by Crippen LogP contribution is -2.64. The minimum atomic E-state index is -0.749. The first-order chi connectivity index (χ1) is 13.6. The third-order valence-corrected chi connectivity index (χ3v) is 9.67. The van der Waals surface area contributed by atoms with Gasteiger partial charge in [-0.25, -0.2) is 4.79 Å². The minimum Gasteiger partial charge on any atom is -0.481 e. The molecule has 4 aliphatic rings. The molecule has 1 N–H and O–H groups in total. The van der Waals surface area contributed by atoms with Gasteiger partial charge in [0.2, 0.25) is 0 Å². The zero-order valence-electron chi connectivity index (χ0n) is 18.4. The van der Waals surface area contributed by atoms with Crippen LogP contribution in [0.15, 0.2) is 23.8 Å². The van der Waals surface area contributed by atoms with E-state index in [9.17, 15) is 14.7 Å². The van der Waals surface area contributed by atoms with Gasteiger partial charge in [0.05, 0.1) is 5.41 Å². The van der Waals surface area contributed by atoms with Crippen molar-refractivity contribution in [3.63, 3.8) is 0 Å². The van der Waals surface area contributed by atoms with Gasteiger partial charge in [-0.3, -0.25) is 4.79 Å². The monoisotopic (exact) mass is 400 g/mol. The molecule has 4 aliphatic carbocycles. The quantitative estimate of drug-likeness (QED) is 0.384. The maximum atomic E-state index is 12.7. The van der Waals surface area contributed by atoms with Gasteiger partial charge in [0, 0.05) is 11.0 Å². The highest BCUT2D eigenvalue weighted by Crippen LogP contribution is 2.72. The van der Waals surface area contributed by atoms with E-state index in [0.29, 0.717) is 30.3 Å². The zero-order valence-corrected chi connectivity index (χ0v) is 18.4. The molecule has 0 saturated heterocycles. The number of esters is 1. The molecule has 4 rings (SSSR count). The number of hydrogen-bond acceptors (Lipinski definition) is 3. The average molecular weight is 401 g/mol. The van der Waals surface area contributed by atoms with Crippen molar-refractivity contribution >= 4 is 11.9 Å². The highest BCUT2D eigenvalue weighted by Gasteiger charge is 2.68. The number of rotatable bonds is 3. The van der Waals surface area contributed by atoms with Crippen LogP contribution in [0, 0.1) is 34.0 Å². The van der Waals surface area contributed by atoms with Crippen LogP contribution in [0.1, 0.15) is 79.1 Å². The van der Waals surface area contributed by atoms with E-state index in [1.165, 1.54) is 12.0 Å². The molecule has 4 nitrogen and oxygen atoms in total. The van der Waals surface area contributed by atoms with Gasteiger partial charge in [0.15, 0.2) is 0 Å². The van der Waals surface area contributed by atoms with Crippen LogP contribution in [0.25, 0.3) is 0 Å². The van der Waals surface area contributed by atoms with Crippen molar-refractivity contribution in [1.29, 1.82) is 0 Å². The molecule has 0 aromatic carbocycles. The van der Waals surface area contributed by atoms with Crippen LogP contribution >= 0.6 is 0 Å². The van der Waals surface area contributed by atoms with Crippen LogP contribution in [0.4, 0.5) is 0 Å². The molecule has 2 bridgehead atoms. The Balaban J connectivity index is 1.77. The molecule has 1 spiro atoms. The van der Waals surface area contributed by atoms with Crippen molar-refractivity contribution in [3.05, 3.63) is 23.8 Å². The van der Waals surface area contributed by atoms with Gasteiger partial charge >= 0.3 is 11.9 Å². The first kappa shape index (κ1) is 20.7. The Bertz CT molecular complexity index is 782. The topological polar surface area (TPSA) is 63.6 Å². The van der Waals surface area contributed by atoms with Crippen LogP contribution in [0.5, 0.6) is 0 Å². The summed E-state index contributed by atoms with van der Waals surface area (Å²) in [6.07, 6.45) is 9.29. The second-order valence-electron chi connectivity index (χ2n) is 10.8.